The van der Waals surface area contributed by atoms with Crippen molar-refractivity contribution < 1.29 is 4.79 Å². The zero-order valence-electron chi connectivity index (χ0n) is 13.8. The van der Waals surface area contributed by atoms with Crippen molar-refractivity contribution in [1.29, 1.82) is 0 Å². The molecule has 4 nitrogen and oxygen atoms in total. The molecule has 2 heterocycles. The maximum atomic E-state index is 12.3. The molecule has 0 saturated heterocycles. The second kappa shape index (κ2) is 5.52. The lowest BCUT2D eigenvalue weighted by atomic mass is 9.91. The Morgan fingerprint density at radius 2 is 1.92 bits per heavy atom. The van der Waals surface area contributed by atoms with E-state index in [9.17, 15) is 4.79 Å². The van der Waals surface area contributed by atoms with Gasteiger partial charge in [-0.2, -0.15) is 0 Å². The van der Waals surface area contributed by atoms with Crippen molar-refractivity contribution in [3.05, 3.63) is 71.6 Å². The molecule has 0 bridgehead atoms. The summed E-state index contributed by atoms with van der Waals surface area (Å²) in [5, 5.41) is 7.74. The van der Waals surface area contributed by atoms with Crippen molar-refractivity contribution >= 4 is 28.1 Å². The number of benzene rings is 2. The van der Waals surface area contributed by atoms with Gasteiger partial charge in [0.1, 0.15) is 0 Å². The van der Waals surface area contributed by atoms with Gasteiger partial charge < -0.3 is 15.6 Å². The Kier molecular flexibility index (Phi) is 3.17. The molecule has 1 aromatic heterocycles. The molecule has 1 amide bonds. The SMILES string of the molecule is O=C1Nc2ccccc2C1=CNC1CCCc2c1[nH]c1ccccc21. The largest absolute Gasteiger partial charge is 0.382 e. The number of anilines is 1. The Bertz CT molecular complexity index is 1010. The van der Waals surface area contributed by atoms with Crippen LogP contribution in [0.3, 0.4) is 0 Å². The molecular formula is C21H19N3O. The van der Waals surface area contributed by atoms with Crippen LogP contribution in [0, 0.1) is 0 Å². The Hall–Kier alpha value is -3.01. The maximum Gasteiger partial charge on any atom is 0.257 e. The summed E-state index contributed by atoms with van der Waals surface area (Å²) in [5.41, 5.74) is 6.42. The highest BCUT2D eigenvalue weighted by molar-refractivity contribution is 6.31. The van der Waals surface area contributed by atoms with E-state index in [0.717, 1.165) is 30.5 Å². The van der Waals surface area contributed by atoms with Crippen LogP contribution in [0.25, 0.3) is 16.5 Å². The van der Waals surface area contributed by atoms with Crippen LogP contribution >= 0.6 is 0 Å². The molecule has 1 aliphatic carbocycles. The predicted octanol–water partition coefficient (Wildman–Crippen LogP) is 4.13. The van der Waals surface area contributed by atoms with Gasteiger partial charge in [0, 0.05) is 34.0 Å². The molecule has 124 valence electrons. The normalized spacial score (nSPS) is 20.4. The molecule has 1 atom stereocenters. The monoisotopic (exact) mass is 329 g/mol. The number of hydrogen-bond acceptors (Lipinski definition) is 2. The Balaban J connectivity index is 1.50. The van der Waals surface area contributed by atoms with E-state index in [1.165, 1.54) is 22.2 Å². The molecule has 25 heavy (non-hydrogen) atoms. The van der Waals surface area contributed by atoms with Crippen LogP contribution in [0.15, 0.2) is 54.7 Å². The highest BCUT2D eigenvalue weighted by Gasteiger charge is 2.26. The van der Waals surface area contributed by atoms with Crippen LogP contribution in [0.1, 0.15) is 35.7 Å². The first-order valence-electron chi connectivity index (χ1n) is 8.78. The van der Waals surface area contributed by atoms with Gasteiger partial charge in [0.25, 0.3) is 5.91 Å². The molecule has 1 unspecified atom stereocenters. The van der Waals surface area contributed by atoms with E-state index >= 15 is 0 Å². The standard InChI is InChI=1S/C21H19N3O/c25-21-16(14-7-2-4-10-18(14)24-21)12-22-19-11-5-8-15-13-6-1-3-9-17(13)23-20(15)19/h1-4,6-7,9-10,12,19,22-23H,5,8,11H2,(H,24,25). The maximum absolute atomic E-state index is 12.3. The molecular weight excluding hydrogens is 310 g/mol. The number of para-hydroxylation sites is 2. The molecule has 5 rings (SSSR count). The number of carbonyl (C=O) groups excluding carboxylic acids is 1. The number of aromatic nitrogens is 1. The van der Waals surface area contributed by atoms with Crippen LogP contribution in [0.5, 0.6) is 0 Å². The van der Waals surface area contributed by atoms with Gasteiger partial charge in [-0.05, 0) is 37.0 Å². The fourth-order valence-corrected chi connectivity index (χ4v) is 4.05. The summed E-state index contributed by atoms with van der Waals surface area (Å²) >= 11 is 0. The Morgan fingerprint density at radius 3 is 2.88 bits per heavy atom. The number of carbonyl (C=O) groups is 1. The number of amides is 1. The highest BCUT2D eigenvalue weighted by Crippen LogP contribution is 2.36. The summed E-state index contributed by atoms with van der Waals surface area (Å²) < 4.78 is 0. The van der Waals surface area contributed by atoms with Gasteiger partial charge in [-0.3, -0.25) is 4.79 Å². The summed E-state index contributed by atoms with van der Waals surface area (Å²) in [6.07, 6.45) is 5.20. The van der Waals surface area contributed by atoms with Crippen LogP contribution in [0.2, 0.25) is 0 Å². The minimum atomic E-state index is -0.0404. The zero-order valence-corrected chi connectivity index (χ0v) is 13.8. The zero-order chi connectivity index (χ0) is 16.8. The highest BCUT2D eigenvalue weighted by atomic mass is 16.2. The van der Waals surface area contributed by atoms with Gasteiger partial charge in [-0.25, -0.2) is 0 Å². The Morgan fingerprint density at radius 1 is 1.08 bits per heavy atom. The fraction of sp³-hybridized carbons (Fsp3) is 0.190. The minimum absolute atomic E-state index is 0.0404. The summed E-state index contributed by atoms with van der Waals surface area (Å²) in [7, 11) is 0. The third-order valence-electron chi connectivity index (χ3n) is 5.25. The lowest BCUT2D eigenvalue weighted by Gasteiger charge is -2.23. The third-order valence-corrected chi connectivity index (χ3v) is 5.25. The smallest absolute Gasteiger partial charge is 0.257 e. The van der Waals surface area contributed by atoms with Gasteiger partial charge in [0.15, 0.2) is 0 Å². The van der Waals surface area contributed by atoms with Crippen LogP contribution in [0.4, 0.5) is 5.69 Å². The number of hydrogen-bond donors (Lipinski definition) is 3. The average Bonchev–Trinajstić information content (AvgIpc) is 3.17. The van der Waals surface area contributed by atoms with E-state index in [1.54, 1.807) is 0 Å². The number of aromatic amines is 1. The first-order valence-corrected chi connectivity index (χ1v) is 8.78. The molecule has 4 heteroatoms. The summed E-state index contributed by atoms with van der Waals surface area (Å²) in [5.74, 6) is -0.0404. The van der Waals surface area contributed by atoms with Gasteiger partial charge in [-0.15, -0.1) is 0 Å². The van der Waals surface area contributed by atoms with E-state index in [4.69, 9.17) is 0 Å². The first kappa shape index (κ1) is 14.3. The van der Waals surface area contributed by atoms with Crippen LogP contribution in [-0.2, 0) is 11.2 Å². The first-order chi connectivity index (χ1) is 12.3. The molecule has 0 saturated carbocycles. The quantitative estimate of drug-likeness (QED) is 0.619. The van der Waals surface area contributed by atoms with Crippen molar-refractivity contribution in [2.24, 2.45) is 0 Å². The predicted molar refractivity (Wildman–Crippen MR) is 100 cm³/mol. The third kappa shape index (κ3) is 2.25. The van der Waals surface area contributed by atoms with E-state index in [0.29, 0.717) is 5.57 Å². The molecule has 0 spiro atoms. The van der Waals surface area contributed by atoms with E-state index in [-0.39, 0.29) is 11.9 Å². The summed E-state index contributed by atoms with van der Waals surface area (Å²) in [4.78, 5) is 15.8. The molecule has 3 aromatic rings. The van der Waals surface area contributed by atoms with Crippen molar-refractivity contribution in [2.75, 3.05) is 5.32 Å². The van der Waals surface area contributed by atoms with Crippen LogP contribution < -0.4 is 10.6 Å². The molecule has 0 radical (unpaired) electrons. The van der Waals surface area contributed by atoms with E-state index in [1.807, 2.05) is 30.5 Å². The second-order valence-corrected chi connectivity index (χ2v) is 6.73. The number of nitrogens with one attached hydrogen (secondary N) is 3. The van der Waals surface area contributed by atoms with Crippen molar-refractivity contribution in [3.8, 4) is 0 Å². The topological polar surface area (TPSA) is 56.9 Å². The van der Waals surface area contributed by atoms with E-state index in [2.05, 4.69) is 39.9 Å². The summed E-state index contributed by atoms with van der Waals surface area (Å²) in [6, 6.07) is 16.5. The molecule has 0 fully saturated rings. The Labute approximate surface area is 145 Å². The van der Waals surface area contributed by atoms with Gasteiger partial charge >= 0.3 is 0 Å². The number of aryl methyl sites for hydroxylation is 1. The second-order valence-electron chi connectivity index (χ2n) is 6.73. The average molecular weight is 329 g/mol. The molecule has 3 N–H and O–H groups in total. The fourth-order valence-electron chi connectivity index (χ4n) is 4.05. The summed E-state index contributed by atoms with van der Waals surface area (Å²) in [6.45, 7) is 0. The molecule has 2 aliphatic rings. The van der Waals surface area contributed by atoms with Crippen molar-refractivity contribution in [3.63, 3.8) is 0 Å². The van der Waals surface area contributed by atoms with Gasteiger partial charge in [0.05, 0.1) is 11.6 Å². The van der Waals surface area contributed by atoms with Crippen LogP contribution in [-0.4, -0.2) is 10.9 Å². The minimum Gasteiger partial charge on any atom is -0.382 e. The number of rotatable bonds is 2. The lowest BCUT2D eigenvalue weighted by molar-refractivity contribution is -0.110. The van der Waals surface area contributed by atoms with Crippen molar-refractivity contribution in [2.45, 2.75) is 25.3 Å². The van der Waals surface area contributed by atoms with Gasteiger partial charge in [-0.1, -0.05) is 36.4 Å². The van der Waals surface area contributed by atoms with E-state index < -0.39 is 0 Å². The molecule has 1 aliphatic heterocycles. The van der Waals surface area contributed by atoms with Crippen molar-refractivity contribution in [1.82, 2.24) is 10.3 Å². The molecule has 2 aromatic carbocycles. The lowest BCUT2D eigenvalue weighted by Crippen LogP contribution is -2.21. The van der Waals surface area contributed by atoms with Gasteiger partial charge in [0.2, 0.25) is 0 Å². The number of H-pyrrole nitrogens is 1. The number of fused-ring (bicyclic) bond motifs is 4.